The summed E-state index contributed by atoms with van der Waals surface area (Å²) in [5, 5.41) is 9.24. The predicted molar refractivity (Wildman–Crippen MR) is 91.4 cm³/mol. The van der Waals surface area contributed by atoms with Crippen LogP contribution < -0.4 is 0 Å². The van der Waals surface area contributed by atoms with E-state index in [-0.39, 0.29) is 17.9 Å². The number of thiophene rings is 1. The molecule has 2 aromatic rings. The molecule has 2 aliphatic rings. The van der Waals surface area contributed by atoms with Gasteiger partial charge in [-0.15, -0.1) is 11.3 Å². The maximum absolute atomic E-state index is 12.9. The van der Waals surface area contributed by atoms with Crippen molar-refractivity contribution in [1.29, 1.82) is 0 Å². The quantitative estimate of drug-likeness (QED) is 0.923. The topological polar surface area (TPSA) is 71.1 Å². The van der Waals surface area contributed by atoms with Crippen LogP contribution in [0.25, 0.3) is 0 Å². The highest BCUT2D eigenvalue weighted by molar-refractivity contribution is 7.12. The molecule has 24 heavy (non-hydrogen) atoms. The summed E-state index contributed by atoms with van der Waals surface area (Å²) >= 11 is 1.56. The van der Waals surface area contributed by atoms with E-state index >= 15 is 0 Å². The fourth-order valence-corrected chi connectivity index (χ4v) is 3.99. The Morgan fingerprint density at radius 2 is 2.29 bits per heavy atom. The third-order valence-corrected chi connectivity index (χ3v) is 5.52. The molecule has 2 aromatic heterocycles. The van der Waals surface area contributed by atoms with Crippen molar-refractivity contribution >= 4 is 17.2 Å². The van der Waals surface area contributed by atoms with E-state index in [4.69, 9.17) is 4.74 Å². The second-order valence-corrected chi connectivity index (χ2v) is 7.74. The van der Waals surface area contributed by atoms with Crippen molar-refractivity contribution < 1.29 is 9.53 Å². The fraction of sp³-hybridized carbons (Fsp3) is 0.588. The van der Waals surface area contributed by atoms with Gasteiger partial charge in [0.15, 0.2) is 11.6 Å². The number of carbonyl (C=O) groups is 1. The molecule has 0 aromatic carbocycles. The van der Waals surface area contributed by atoms with Crippen molar-refractivity contribution in [2.75, 3.05) is 19.7 Å². The number of ether oxygens (including phenoxy) is 1. The second kappa shape index (κ2) is 6.29. The van der Waals surface area contributed by atoms with E-state index < -0.39 is 0 Å². The Labute approximate surface area is 145 Å². The van der Waals surface area contributed by atoms with Gasteiger partial charge in [0.05, 0.1) is 18.0 Å². The summed E-state index contributed by atoms with van der Waals surface area (Å²) in [4.78, 5) is 20.3. The monoisotopic (exact) mass is 346 g/mol. The van der Waals surface area contributed by atoms with Crippen molar-refractivity contribution in [2.24, 2.45) is 0 Å². The minimum atomic E-state index is -0.230. The van der Waals surface area contributed by atoms with Gasteiger partial charge >= 0.3 is 0 Å². The van der Waals surface area contributed by atoms with Crippen molar-refractivity contribution in [2.45, 2.75) is 44.6 Å². The summed E-state index contributed by atoms with van der Waals surface area (Å²) in [7, 11) is 0. The van der Waals surface area contributed by atoms with E-state index in [0.717, 1.165) is 10.7 Å². The molecule has 2 fully saturated rings. The molecule has 1 saturated heterocycles. The highest BCUT2D eigenvalue weighted by Crippen LogP contribution is 2.43. The van der Waals surface area contributed by atoms with Crippen LogP contribution >= 0.6 is 11.3 Å². The minimum absolute atomic E-state index is 0.129. The largest absolute Gasteiger partial charge is 0.367 e. The smallest absolute Gasteiger partial charge is 0.264 e. The summed E-state index contributed by atoms with van der Waals surface area (Å²) in [6.45, 7) is 5.79. The zero-order chi connectivity index (χ0) is 16.7. The van der Waals surface area contributed by atoms with E-state index in [0.29, 0.717) is 31.4 Å². The molecule has 128 valence electrons. The number of H-pyrrole nitrogens is 1. The Morgan fingerprint density at radius 3 is 3.00 bits per heavy atom. The van der Waals surface area contributed by atoms with Gasteiger partial charge in [0.25, 0.3) is 5.91 Å². The van der Waals surface area contributed by atoms with Gasteiger partial charge < -0.3 is 9.64 Å². The van der Waals surface area contributed by atoms with E-state index in [2.05, 4.69) is 35.1 Å². The third kappa shape index (κ3) is 2.98. The molecule has 1 unspecified atom stereocenters. The Kier molecular flexibility index (Phi) is 4.14. The summed E-state index contributed by atoms with van der Waals surface area (Å²) < 4.78 is 5.82. The van der Waals surface area contributed by atoms with Crippen LogP contribution in [0.4, 0.5) is 0 Å². The van der Waals surface area contributed by atoms with Crippen LogP contribution in [-0.4, -0.2) is 45.7 Å². The van der Waals surface area contributed by atoms with Gasteiger partial charge in [0.1, 0.15) is 6.10 Å². The first kappa shape index (κ1) is 15.8. The molecule has 0 bridgehead atoms. The lowest BCUT2D eigenvalue weighted by atomic mass is 10.1. The van der Waals surface area contributed by atoms with Crippen molar-refractivity contribution in [3.05, 3.63) is 33.5 Å². The number of hydrogen-bond donors (Lipinski definition) is 1. The number of aromatic amines is 1. The summed E-state index contributed by atoms with van der Waals surface area (Å²) in [5.41, 5.74) is 1.23. The Morgan fingerprint density at radius 1 is 1.46 bits per heavy atom. The third-order valence-electron chi connectivity index (χ3n) is 4.60. The van der Waals surface area contributed by atoms with Crippen molar-refractivity contribution in [3.63, 3.8) is 0 Å². The molecule has 1 aliphatic heterocycles. The normalized spacial score (nSPS) is 21.5. The zero-order valence-electron chi connectivity index (χ0n) is 14.0. The second-order valence-electron chi connectivity index (χ2n) is 6.82. The Bertz CT molecular complexity index is 735. The summed E-state index contributed by atoms with van der Waals surface area (Å²) in [6.07, 6.45) is 2.18. The van der Waals surface area contributed by atoms with Crippen molar-refractivity contribution in [1.82, 2.24) is 20.1 Å². The van der Waals surface area contributed by atoms with Crippen LogP contribution in [0.1, 0.15) is 71.5 Å². The van der Waals surface area contributed by atoms with Crippen LogP contribution in [0.5, 0.6) is 0 Å². The molecule has 7 heteroatoms. The molecule has 0 radical (unpaired) electrons. The van der Waals surface area contributed by atoms with Crippen LogP contribution in [0, 0.1) is 0 Å². The zero-order valence-corrected chi connectivity index (χ0v) is 14.8. The number of amides is 1. The molecular formula is C17H22N4O2S. The maximum Gasteiger partial charge on any atom is 0.264 e. The Hall–Kier alpha value is -1.73. The maximum atomic E-state index is 12.9. The summed E-state index contributed by atoms with van der Waals surface area (Å²) in [5.74, 6) is 2.48. The van der Waals surface area contributed by atoms with Gasteiger partial charge in [-0.2, -0.15) is 5.10 Å². The van der Waals surface area contributed by atoms with Gasteiger partial charge in [-0.3, -0.25) is 9.89 Å². The molecule has 1 atom stereocenters. The molecule has 1 aliphatic carbocycles. The first-order valence-corrected chi connectivity index (χ1v) is 9.42. The average molecular weight is 346 g/mol. The first-order chi connectivity index (χ1) is 11.6. The first-order valence-electron chi connectivity index (χ1n) is 8.54. The molecule has 3 heterocycles. The number of nitrogens with one attached hydrogen (secondary N) is 1. The molecular weight excluding hydrogens is 324 g/mol. The average Bonchev–Trinajstić information content (AvgIpc) is 3.13. The molecule has 0 spiro atoms. The number of aromatic nitrogens is 3. The minimum Gasteiger partial charge on any atom is -0.367 e. The van der Waals surface area contributed by atoms with E-state index in [1.807, 2.05) is 10.3 Å². The standard InChI is InChI=1S/C17H22N4O2S/c1-10(2)15-18-16(20-19-15)13-9-21(6-7-23-13)17(22)14-12(5-8-24-14)11-3-4-11/h5,8,10-11,13H,3-4,6-7,9H2,1-2H3,(H,18,19,20). The highest BCUT2D eigenvalue weighted by atomic mass is 32.1. The lowest BCUT2D eigenvalue weighted by Gasteiger charge is -2.31. The number of hydrogen-bond acceptors (Lipinski definition) is 5. The van der Waals surface area contributed by atoms with Gasteiger partial charge in [-0.25, -0.2) is 4.98 Å². The lowest BCUT2D eigenvalue weighted by molar-refractivity contribution is -0.0265. The van der Waals surface area contributed by atoms with Gasteiger partial charge in [0.2, 0.25) is 0 Å². The van der Waals surface area contributed by atoms with E-state index in [1.165, 1.54) is 18.4 Å². The van der Waals surface area contributed by atoms with Crippen LogP contribution in [-0.2, 0) is 4.74 Å². The highest BCUT2D eigenvalue weighted by Gasteiger charge is 2.33. The summed E-state index contributed by atoms with van der Waals surface area (Å²) in [6, 6.07) is 2.11. The van der Waals surface area contributed by atoms with E-state index in [1.54, 1.807) is 11.3 Å². The Balaban J connectivity index is 1.49. The molecule has 4 rings (SSSR count). The number of nitrogens with zero attached hydrogens (tertiary/aromatic N) is 3. The van der Waals surface area contributed by atoms with Crippen molar-refractivity contribution in [3.8, 4) is 0 Å². The fourth-order valence-electron chi connectivity index (χ4n) is 3.04. The predicted octanol–water partition coefficient (Wildman–Crippen LogP) is 3.08. The molecule has 1 amide bonds. The molecule has 1 saturated carbocycles. The lowest BCUT2D eigenvalue weighted by Crippen LogP contribution is -2.42. The van der Waals surface area contributed by atoms with Gasteiger partial charge in [-0.05, 0) is 35.8 Å². The number of rotatable bonds is 4. The molecule has 1 N–H and O–H groups in total. The number of morpholine rings is 1. The number of carbonyl (C=O) groups excluding carboxylic acids is 1. The molecule has 6 nitrogen and oxygen atoms in total. The van der Waals surface area contributed by atoms with Crippen LogP contribution in [0.15, 0.2) is 11.4 Å². The van der Waals surface area contributed by atoms with Crippen LogP contribution in [0.3, 0.4) is 0 Å². The van der Waals surface area contributed by atoms with Crippen LogP contribution in [0.2, 0.25) is 0 Å². The van der Waals surface area contributed by atoms with E-state index in [9.17, 15) is 4.79 Å². The SMILES string of the molecule is CC(C)c1n[nH]c(C2CN(C(=O)c3sccc3C3CC3)CCO2)n1. The van der Waals surface area contributed by atoms with Gasteiger partial charge in [-0.1, -0.05) is 13.8 Å². The van der Waals surface area contributed by atoms with Gasteiger partial charge in [0, 0.05) is 12.5 Å².